The van der Waals surface area contributed by atoms with Gasteiger partial charge >= 0.3 is 5.97 Å². The number of carbonyl (C=O) groups is 1. The molecule has 3 nitrogen and oxygen atoms in total. The Morgan fingerprint density at radius 1 is 1.31 bits per heavy atom. The first-order valence-electron chi connectivity index (χ1n) is 5.66. The first-order chi connectivity index (χ1) is 7.74. The third-order valence-electron chi connectivity index (χ3n) is 2.37. The number of hydrogen-bond donors (Lipinski definition) is 1. The predicted octanol–water partition coefficient (Wildman–Crippen LogP) is 2.88. The Labute approximate surface area is 96.1 Å². The fourth-order valence-electron chi connectivity index (χ4n) is 1.56. The minimum Gasteiger partial charge on any atom is -0.482 e. The van der Waals surface area contributed by atoms with Crippen molar-refractivity contribution in [3.8, 4) is 5.75 Å². The largest absolute Gasteiger partial charge is 0.482 e. The van der Waals surface area contributed by atoms with E-state index in [4.69, 9.17) is 9.84 Å². The van der Waals surface area contributed by atoms with E-state index in [1.165, 1.54) is 12.8 Å². The summed E-state index contributed by atoms with van der Waals surface area (Å²) >= 11 is 0. The minimum atomic E-state index is -0.941. The van der Waals surface area contributed by atoms with Crippen LogP contribution in [0.15, 0.2) is 24.3 Å². The van der Waals surface area contributed by atoms with Crippen molar-refractivity contribution in [2.24, 2.45) is 0 Å². The molecule has 0 aliphatic rings. The van der Waals surface area contributed by atoms with Gasteiger partial charge in [0.2, 0.25) is 0 Å². The molecule has 0 atom stereocenters. The molecule has 0 aliphatic heterocycles. The zero-order chi connectivity index (χ0) is 11.8. The molecule has 1 aromatic carbocycles. The van der Waals surface area contributed by atoms with Crippen molar-refractivity contribution in [3.63, 3.8) is 0 Å². The molecule has 3 heteroatoms. The van der Waals surface area contributed by atoms with E-state index in [0.717, 1.165) is 18.4 Å². The van der Waals surface area contributed by atoms with Gasteiger partial charge in [-0.25, -0.2) is 4.79 Å². The first kappa shape index (κ1) is 12.6. The summed E-state index contributed by atoms with van der Waals surface area (Å²) in [6.07, 6.45) is 4.43. The molecule has 0 spiro atoms. The number of unbranched alkanes of at least 4 members (excludes halogenated alkanes) is 2. The Balaban J connectivity index is 2.56. The van der Waals surface area contributed by atoms with E-state index in [9.17, 15) is 4.79 Å². The van der Waals surface area contributed by atoms with Crippen LogP contribution in [0.3, 0.4) is 0 Å². The van der Waals surface area contributed by atoms with Gasteiger partial charge in [0.1, 0.15) is 5.75 Å². The zero-order valence-corrected chi connectivity index (χ0v) is 9.61. The molecule has 0 aromatic heterocycles. The maximum absolute atomic E-state index is 10.4. The molecular formula is C13H18O3. The van der Waals surface area contributed by atoms with E-state index in [2.05, 4.69) is 6.92 Å². The van der Waals surface area contributed by atoms with Gasteiger partial charge < -0.3 is 9.84 Å². The molecule has 16 heavy (non-hydrogen) atoms. The number of aliphatic carboxylic acids is 1. The zero-order valence-electron chi connectivity index (χ0n) is 9.61. The second kappa shape index (κ2) is 6.88. The van der Waals surface area contributed by atoms with Gasteiger partial charge in [-0.15, -0.1) is 0 Å². The Morgan fingerprint density at radius 3 is 2.75 bits per heavy atom. The minimum absolute atomic E-state index is 0.273. The number of ether oxygens (including phenoxy) is 1. The van der Waals surface area contributed by atoms with Crippen LogP contribution in [0.25, 0.3) is 0 Å². The fraction of sp³-hybridized carbons (Fsp3) is 0.462. The van der Waals surface area contributed by atoms with E-state index in [0.29, 0.717) is 5.75 Å². The van der Waals surface area contributed by atoms with Gasteiger partial charge in [-0.05, 0) is 24.5 Å². The molecule has 1 N–H and O–H groups in total. The maximum Gasteiger partial charge on any atom is 0.341 e. The summed E-state index contributed by atoms with van der Waals surface area (Å²) in [5.41, 5.74) is 1.09. The van der Waals surface area contributed by atoms with Gasteiger partial charge in [0.15, 0.2) is 6.61 Å². The van der Waals surface area contributed by atoms with Crippen LogP contribution in [-0.2, 0) is 11.2 Å². The van der Waals surface area contributed by atoms with Gasteiger partial charge in [-0.2, -0.15) is 0 Å². The molecule has 1 aromatic rings. The van der Waals surface area contributed by atoms with Crippen molar-refractivity contribution >= 4 is 5.97 Å². The number of hydrogen-bond acceptors (Lipinski definition) is 2. The van der Waals surface area contributed by atoms with Crippen LogP contribution in [0.2, 0.25) is 0 Å². The molecule has 0 amide bonds. The summed E-state index contributed by atoms with van der Waals surface area (Å²) in [5, 5.41) is 8.55. The van der Waals surface area contributed by atoms with Gasteiger partial charge in [-0.1, -0.05) is 38.0 Å². The van der Waals surface area contributed by atoms with Gasteiger partial charge in [0.25, 0.3) is 0 Å². The second-order valence-electron chi connectivity index (χ2n) is 3.75. The van der Waals surface area contributed by atoms with Crippen LogP contribution in [0.1, 0.15) is 31.7 Å². The first-order valence-corrected chi connectivity index (χ1v) is 5.66. The molecule has 0 saturated heterocycles. The Kier molecular flexibility index (Phi) is 5.40. The molecule has 0 radical (unpaired) electrons. The SMILES string of the molecule is CCCCCc1ccccc1OCC(=O)O. The summed E-state index contributed by atoms with van der Waals surface area (Å²) < 4.78 is 5.23. The third-order valence-corrected chi connectivity index (χ3v) is 2.37. The standard InChI is InChI=1S/C13H18O3/c1-2-3-4-7-11-8-5-6-9-12(11)16-10-13(14)15/h5-6,8-9H,2-4,7,10H2,1H3,(H,14,15). The highest BCUT2D eigenvalue weighted by Crippen LogP contribution is 2.20. The average Bonchev–Trinajstić information content (AvgIpc) is 2.28. The number of aryl methyl sites for hydroxylation is 1. The fourth-order valence-corrected chi connectivity index (χ4v) is 1.56. The number of para-hydroxylation sites is 1. The summed E-state index contributed by atoms with van der Waals surface area (Å²) in [6, 6.07) is 7.63. The normalized spacial score (nSPS) is 10.1. The van der Waals surface area contributed by atoms with Crippen molar-refractivity contribution in [2.45, 2.75) is 32.6 Å². The average molecular weight is 222 g/mol. The maximum atomic E-state index is 10.4. The third kappa shape index (κ3) is 4.34. The van der Waals surface area contributed by atoms with E-state index < -0.39 is 5.97 Å². The Morgan fingerprint density at radius 2 is 2.06 bits per heavy atom. The summed E-state index contributed by atoms with van der Waals surface area (Å²) in [6.45, 7) is 1.89. The topological polar surface area (TPSA) is 46.5 Å². The Hall–Kier alpha value is -1.51. The predicted molar refractivity (Wildman–Crippen MR) is 62.8 cm³/mol. The van der Waals surface area contributed by atoms with Gasteiger partial charge in [-0.3, -0.25) is 0 Å². The lowest BCUT2D eigenvalue weighted by molar-refractivity contribution is -0.139. The van der Waals surface area contributed by atoms with E-state index >= 15 is 0 Å². The van der Waals surface area contributed by atoms with Crippen molar-refractivity contribution in [1.82, 2.24) is 0 Å². The van der Waals surface area contributed by atoms with Crippen LogP contribution in [0.5, 0.6) is 5.75 Å². The molecule has 1 rings (SSSR count). The summed E-state index contributed by atoms with van der Waals surface area (Å²) in [5.74, 6) is -0.246. The number of benzene rings is 1. The highest BCUT2D eigenvalue weighted by atomic mass is 16.5. The smallest absolute Gasteiger partial charge is 0.341 e. The lowest BCUT2D eigenvalue weighted by atomic mass is 10.1. The molecule has 0 aliphatic carbocycles. The molecule has 0 unspecified atom stereocenters. The van der Waals surface area contributed by atoms with Crippen molar-refractivity contribution in [3.05, 3.63) is 29.8 Å². The molecule has 88 valence electrons. The molecule has 0 saturated carbocycles. The molecule has 0 bridgehead atoms. The second-order valence-corrected chi connectivity index (χ2v) is 3.75. The van der Waals surface area contributed by atoms with Crippen molar-refractivity contribution < 1.29 is 14.6 Å². The number of rotatable bonds is 7. The van der Waals surface area contributed by atoms with Gasteiger partial charge in [0, 0.05) is 0 Å². The van der Waals surface area contributed by atoms with Crippen LogP contribution in [0, 0.1) is 0 Å². The van der Waals surface area contributed by atoms with Crippen LogP contribution < -0.4 is 4.74 Å². The highest BCUT2D eigenvalue weighted by Gasteiger charge is 2.04. The van der Waals surface area contributed by atoms with Crippen molar-refractivity contribution in [1.29, 1.82) is 0 Å². The van der Waals surface area contributed by atoms with Crippen molar-refractivity contribution in [2.75, 3.05) is 6.61 Å². The highest BCUT2D eigenvalue weighted by molar-refractivity contribution is 5.68. The Bertz CT molecular complexity index is 334. The lowest BCUT2D eigenvalue weighted by Gasteiger charge is -2.09. The number of carboxylic acid groups (broad SMARTS) is 1. The summed E-state index contributed by atoms with van der Waals surface area (Å²) in [4.78, 5) is 10.4. The molecule has 0 heterocycles. The summed E-state index contributed by atoms with van der Waals surface area (Å²) in [7, 11) is 0. The number of carboxylic acids is 1. The monoisotopic (exact) mass is 222 g/mol. The molecule has 0 fully saturated rings. The quantitative estimate of drug-likeness (QED) is 0.721. The van der Waals surface area contributed by atoms with E-state index in [1.54, 1.807) is 0 Å². The van der Waals surface area contributed by atoms with Crippen LogP contribution in [-0.4, -0.2) is 17.7 Å². The van der Waals surface area contributed by atoms with Crippen LogP contribution >= 0.6 is 0 Å². The lowest BCUT2D eigenvalue weighted by Crippen LogP contribution is -2.10. The van der Waals surface area contributed by atoms with E-state index in [1.807, 2.05) is 24.3 Å². The molecular weight excluding hydrogens is 204 g/mol. The van der Waals surface area contributed by atoms with E-state index in [-0.39, 0.29) is 6.61 Å². The van der Waals surface area contributed by atoms with Gasteiger partial charge in [0.05, 0.1) is 0 Å². The van der Waals surface area contributed by atoms with Crippen LogP contribution in [0.4, 0.5) is 0 Å².